The maximum Gasteiger partial charge on any atom is 0.338 e. The Kier molecular flexibility index (Phi) is 27.0. The molecular formula is C78H89NO21. The molecule has 100 heavy (non-hydrogen) atoms. The van der Waals surface area contributed by atoms with Crippen LogP contribution in [0.25, 0.3) is 0 Å². The Morgan fingerprint density at radius 3 is 1.17 bits per heavy atom. The van der Waals surface area contributed by atoms with Crippen molar-refractivity contribution in [2.24, 2.45) is 0 Å². The zero-order valence-electron chi connectivity index (χ0n) is 56.6. The van der Waals surface area contributed by atoms with Crippen LogP contribution in [0, 0.1) is 0 Å². The summed E-state index contributed by atoms with van der Waals surface area (Å²) in [5, 5.41) is 25.2. The minimum absolute atomic E-state index is 0.00691. The van der Waals surface area contributed by atoms with E-state index in [1.807, 2.05) is 182 Å². The van der Waals surface area contributed by atoms with Crippen LogP contribution in [0.3, 0.4) is 0 Å². The molecule has 0 aromatic heterocycles. The number of carbonyl (C=O) groups is 3. The maximum atomic E-state index is 15.2. The van der Waals surface area contributed by atoms with Crippen LogP contribution in [-0.4, -0.2) is 171 Å². The van der Waals surface area contributed by atoms with E-state index < -0.39 is 147 Å². The zero-order valence-corrected chi connectivity index (χ0v) is 56.6. The summed E-state index contributed by atoms with van der Waals surface area (Å²) in [6, 6.07) is 64.9. The average Bonchev–Trinajstić information content (AvgIpc) is 0.763. The van der Waals surface area contributed by atoms with Gasteiger partial charge in [0.05, 0.1) is 70.6 Å². The molecule has 22 nitrogen and oxygen atoms in total. The highest BCUT2D eigenvalue weighted by atomic mass is 16.8. The largest absolute Gasteiger partial charge is 0.454 e. The Balaban J connectivity index is 1.04. The number of aliphatic hydroxyl groups excluding tert-OH is 2. The Morgan fingerprint density at radius 2 is 0.760 bits per heavy atom. The summed E-state index contributed by atoms with van der Waals surface area (Å²) in [5.41, 5.74) is 5.23. The number of aliphatic hydroxyl groups is 2. The van der Waals surface area contributed by atoms with E-state index in [2.05, 4.69) is 5.32 Å². The zero-order chi connectivity index (χ0) is 69.7. The van der Waals surface area contributed by atoms with Crippen molar-refractivity contribution >= 4 is 17.8 Å². The maximum absolute atomic E-state index is 15.2. The molecule has 4 aliphatic rings. The van der Waals surface area contributed by atoms with E-state index in [-0.39, 0.29) is 51.8 Å². The Bertz CT molecular complexity index is 3560. The molecule has 4 fully saturated rings. The number of esters is 2. The van der Waals surface area contributed by atoms with Crippen molar-refractivity contribution in [2.45, 2.75) is 190 Å². The van der Waals surface area contributed by atoms with Crippen molar-refractivity contribution in [3.63, 3.8) is 0 Å². The molecule has 20 atom stereocenters. The van der Waals surface area contributed by atoms with E-state index in [1.54, 1.807) is 44.2 Å². The van der Waals surface area contributed by atoms with Gasteiger partial charge in [0.2, 0.25) is 5.91 Å². The monoisotopic (exact) mass is 1380 g/mol. The number of hydrogen-bond donors (Lipinski definition) is 3. The lowest BCUT2D eigenvalue weighted by molar-refractivity contribution is -0.390. The van der Waals surface area contributed by atoms with Gasteiger partial charge in [-0.25, -0.2) is 4.79 Å². The fraction of sp³-hybridized carbons (Fsp3) is 0.423. The normalized spacial score (nSPS) is 29.8. The standard InChI is InChI=1S/C78H89NO21/c1-49-64(87-43-54-29-15-7-16-30-54)69(72(94-52(4)82)77(92-49)98-67-62(79-51(3)81)75(85-5)95-60(41-80)63(67)83)100-78-73(97-74(84)59-39-25-12-26-40-59)70(65(50(2)93-78)88-44-55-31-17-8-18-32-55)99-76-71(91-47-58-37-23-11-24-38-58)68(90-46-57-35-21-10-22-36-57)66(89-45-56-33-19-9-20-34-56)61(96-76)48-86-42-53-27-13-6-14-28-53/h6-40,49-50,60-73,75-78,80,83H,41-48H2,1-5H3,(H,79,81)/t49-,50-,60+,61+,62+,63+,64-,65-,66+,67+,68-,69+,70+,71+,72+,73+,75+,76+,77-,78-/m0/s1. The Labute approximate surface area is 582 Å². The highest BCUT2D eigenvalue weighted by molar-refractivity contribution is 5.89. The van der Waals surface area contributed by atoms with Crippen LogP contribution < -0.4 is 5.32 Å². The van der Waals surface area contributed by atoms with Crippen LogP contribution in [0.15, 0.2) is 212 Å². The molecule has 22 heteroatoms. The number of methoxy groups -OCH3 is 1. The lowest BCUT2D eigenvalue weighted by Crippen LogP contribution is -2.69. The number of rotatable bonds is 31. The molecule has 0 aliphatic carbocycles. The molecule has 0 spiro atoms. The summed E-state index contributed by atoms with van der Waals surface area (Å²) >= 11 is 0. The smallest absolute Gasteiger partial charge is 0.338 e. The van der Waals surface area contributed by atoms with Gasteiger partial charge in [0, 0.05) is 21.0 Å². The molecule has 0 bridgehead atoms. The van der Waals surface area contributed by atoms with E-state index >= 15 is 4.79 Å². The quantitative estimate of drug-likeness (QED) is 0.0343. The van der Waals surface area contributed by atoms with Gasteiger partial charge in [-0.3, -0.25) is 9.59 Å². The molecule has 3 N–H and O–H groups in total. The van der Waals surface area contributed by atoms with Crippen LogP contribution in [0.5, 0.6) is 0 Å². The van der Waals surface area contributed by atoms with Crippen molar-refractivity contribution in [3.8, 4) is 0 Å². The van der Waals surface area contributed by atoms with Crippen LogP contribution in [-0.2, 0) is 125 Å². The minimum atomic E-state index is -1.68. The number of benzene rings is 7. The second-order valence-corrected chi connectivity index (χ2v) is 25.1. The summed E-state index contributed by atoms with van der Waals surface area (Å²) in [7, 11) is 1.33. The fourth-order valence-corrected chi connectivity index (χ4v) is 12.8. The van der Waals surface area contributed by atoms with Crippen molar-refractivity contribution in [2.75, 3.05) is 20.3 Å². The second-order valence-electron chi connectivity index (χ2n) is 25.1. The van der Waals surface area contributed by atoms with Crippen LogP contribution in [0.4, 0.5) is 0 Å². The van der Waals surface area contributed by atoms with E-state index in [0.29, 0.717) is 0 Å². The van der Waals surface area contributed by atoms with Crippen molar-refractivity contribution in [1.82, 2.24) is 5.32 Å². The third-order valence-corrected chi connectivity index (χ3v) is 17.8. The highest BCUT2D eigenvalue weighted by Gasteiger charge is 2.59. The molecule has 0 radical (unpaired) electrons. The van der Waals surface area contributed by atoms with Gasteiger partial charge in [-0.15, -0.1) is 0 Å². The van der Waals surface area contributed by atoms with Gasteiger partial charge in [-0.2, -0.15) is 0 Å². The molecule has 532 valence electrons. The molecule has 4 saturated heterocycles. The second kappa shape index (κ2) is 36.8. The molecule has 11 rings (SSSR count). The highest BCUT2D eigenvalue weighted by Crippen LogP contribution is 2.40. The predicted molar refractivity (Wildman–Crippen MR) is 361 cm³/mol. The molecule has 7 aromatic rings. The van der Waals surface area contributed by atoms with Gasteiger partial charge in [-0.1, -0.05) is 200 Å². The first-order valence-corrected chi connectivity index (χ1v) is 33.8. The molecule has 4 heterocycles. The summed E-state index contributed by atoms with van der Waals surface area (Å²) in [4.78, 5) is 41.9. The van der Waals surface area contributed by atoms with Crippen LogP contribution in [0.1, 0.15) is 71.4 Å². The van der Waals surface area contributed by atoms with Gasteiger partial charge in [0.25, 0.3) is 0 Å². The molecule has 0 unspecified atom stereocenters. The summed E-state index contributed by atoms with van der Waals surface area (Å²) < 4.78 is 109. The van der Waals surface area contributed by atoms with E-state index in [9.17, 15) is 19.8 Å². The van der Waals surface area contributed by atoms with Gasteiger partial charge >= 0.3 is 11.9 Å². The van der Waals surface area contributed by atoms with E-state index in [0.717, 1.165) is 33.4 Å². The summed E-state index contributed by atoms with van der Waals surface area (Å²) in [6.45, 7) is 5.76. The summed E-state index contributed by atoms with van der Waals surface area (Å²) in [5.74, 6) is -2.15. The molecule has 4 aliphatic heterocycles. The number of nitrogens with one attached hydrogen (secondary N) is 1. The molecule has 0 saturated carbocycles. The topological polar surface area (TPSA) is 251 Å². The fourth-order valence-electron chi connectivity index (χ4n) is 12.8. The van der Waals surface area contributed by atoms with Gasteiger partial charge in [0.1, 0.15) is 73.2 Å². The first kappa shape index (κ1) is 73.5. The number of carbonyl (C=O) groups excluding carboxylic acids is 3. The van der Waals surface area contributed by atoms with Gasteiger partial charge in [0.15, 0.2) is 37.4 Å². The van der Waals surface area contributed by atoms with Crippen molar-refractivity contribution in [1.29, 1.82) is 0 Å². The summed E-state index contributed by atoms with van der Waals surface area (Å²) in [6.07, 6.45) is -24.7. The van der Waals surface area contributed by atoms with Crippen LogP contribution in [0.2, 0.25) is 0 Å². The first-order valence-electron chi connectivity index (χ1n) is 33.8. The number of ether oxygens (including phenoxy) is 16. The predicted octanol–water partition coefficient (Wildman–Crippen LogP) is 8.89. The molecule has 7 aromatic carbocycles. The van der Waals surface area contributed by atoms with E-state index in [1.165, 1.54) is 21.0 Å². The van der Waals surface area contributed by atoms with Gasteiger partial charge < -0.3 is 91.3 Å². The van der Waals surface area contributed by atoms with Crippen LogP contribution >= 0.6 is 0 Å². The Hall–Kier alpha value is -7.69. The van der Waals surface area contributed by atoms with Crippen molar-refractivity contribution in [3.05, 3.63) is 251 Å². The average molecular weight is 1380 g/mol. The van der Waals surface area contributed by atoms with E-state index in [4.69, 9.17) is 75.8 Å². The third-order valence-electron chi connectivity index (χ3n) is 17.8. The lowest BCUT2D eigenvalue weighted by atomic mass is 9.94. The molecular weight excluding hydrogens is 1290 g/mol. The van der Waals surface area contributed by atoms with Crippen molar-refractivity contribution < 1.29 is 100 Å². The minimum Gasteiger partial charge on any atom is -0.454 e. The number of amides is 1. The Morgan fingerprint density at radius 1 is 0.400 bits per heavy atom. The van der Waals surface area contributed by atoms with Gasteiger partial charge in [-0.05, 0) is 59.4 Å². The SMILES string of the molecule is CO[C@@H]1O[C@H](CO)[C@@H](O)[C@H](O[C@@H]2O[C@@H](C)[C@H](OCc3ccccc3)[C@@H](O[C@@H]3O[C@@H](C)[C@H](OCc4ccccc4)[C@@H](O[C@H]4O[C@H](COCc5ccccc5)[C@@H](OCc5ccccc5)[C@H](OCc5ccccc5)[C@H]4OCc4ccccc4)[C@H]3OC(=O)c3ccccc3)[C@H]2OC(C)=O)[C@H]1NC(C)=O. The first-order chi connectivity index (χ1) is 48.8. The molecule has 1 amide bonds. The number of hydrogen-bond acceptors (Lipinski definition) is 21. The lowest BCUT2D eigenvalue weighted by Gasteiger charge is -2.51. The third kappa shape index (κ3) is 19.7.